The minimum Gasteiger partial charge on any atom is -0.373 e. The molecule has 2 aliphatic rings. The lowest BCUT2D eigenvalue weighted by Gasteiger charge is -2.19. The number of nitrogens with one attached hydrogen (secondary N) is 1. The van der Waals surface area contributed by atoms with E-state index in [-0.39, 0.29) is 11.9 Å². The van der Waals surface area contributed by atoms with Gasteiger partial charge in [0.25, 0.3) is 0 Å². The van der Waals surface area contributed by atoms with Crippen molar-refractivity contribution >= 4 is 15.9 Å². The third kappa shape index (κ3) is 2.76. The molecule has 98 valence electrons. The number of halogens is 2. The summed E-state index contributed by atoms with van der Waals surface area (Å²) in [5.41, 5.74) is 0.954. The van der Waals surface area contributed by atoms with E-state index in [1.165, 1.54) is 12.8 Å². The molecular formula is C14H17BrFNO. The highest BCUT2D eigenvalue weighted by atomic mass is 79.9. The van der Waals surface area contributed by atoms with E-state index in [1.807, 2.05) is 6.07 Å². The van der Waals surface area contributed by atoms with E-state index in [9.17, 15) is 4.39 Å². The first-order valence-electron chi connectivity index (χ1n) is 6.54. The molecule has 4 heteroatoms. The molecule has 0 bridgehead atoms. The van der Waals surface area contributed by atoms with Gasteiger partial charge in [0.05, 0.1) is 10.6 Å². The van der Waals surface area contributed by atoms with E-state index in [4.69, 9.17) is 4.74 Å². The van der Waals surface area contributed by atoms with Gasteiger partial charge in [0.15, 0.2) is 0 Å². The first kappa shape index (κ1) is 12.6. The summed E-state index contributed by atoms with van der Waals surface area (Å²) in [6.07, 6.45) is 3.69. The van der Waals surface area contributed by atoms with Crippen LogP contribution in [0.3, 0.4) is 0 Å². The van der Waals surface area contributed by atoms with Crippen LogP contribution < -0.4 is 5.32 Å². The highest BCUT2D eigenvalue weighted by Crippen LogP contribution is 2.35. The molecule has 1 heterocycles. The molecule has 2 unspecified atom stereocenters. The lowest BCUT2D eigenvalue weighted by atomic mass is 9.95. The number of hydrogen-bond acceptors (Lipinski definition) is 2. The Balaban J connectivity index is 1.70. The molecule has 1 aromatic rings. The standard InChI is InChI=1S/C14H17BrFNO/c15-12-4-1-9(7-13(12)16)14-10(5-6-18-14)8-17-11-2-3-11/h1,4,7,10-11,14,17H,2-3,5-6,8H2. The third-order valence-corrected chi connectivity index (χ3v) is 4.38. The molecule has 1 saturated carbocycles. The van der Waals surface area contributed by atoms with Gasteiger partial charge in [-0.2, -0.15) is 0 Å². The Hall–Kier alpha value is -0.450. The predicted octanol–water partition coefficient (Wildman–Crippen LogP) is 3.42. The minimum absolute atomic E-state index is 0.0406. The second kappa shape index (κ2) is 5.27. The summed E-state index contributed by atoms with van der Waals surface area (Å²) >= 11 is 3.18. The summed E-state index contributed by atoms with van der Waals surface area (Å²) in [4.78, 5) is 0. The molecule has 0 spiro atoms. The molecule has 2 atom stereocenters. The predicted molar refractivity (Wildman–Crippen MR) is 71.9 cm³/mol. The van der Waals surface area contributed by atoms with E-state index in [1.54, 1.807) is 12.1 Å². The van der Waals surface area contributed by atoms with Crippen LogP contribution in [0.2, 0.25) is 0 Å². The largest absolute Gasteiger partial charge is 0.373 e. The second-order valence-corrected chi connectivity index (χ2v) is 6.05. The maximum absolute atomic E-state index is 13.6. The highest BCUT2D eigenvalue weighted by Gasteiger charge is 2.31. The molecular weight excluding hydrogens is 297 g/mol. The fraction of sp³-hybridized carbons (Fsp3) is 0.571. The normalized spacial score (nSPS) is 27.7. The van der Waals surface area contributed by atoms with Crippen LogP contribution in [-0.4, -0.2) is 19.2 Å². The number of ether oxygens (including phenoxy) is 1. The first-order chi connectivity index (χ1) is 8.74. The molecule has 1 aromatic carbocycles. The maximum Gasteiger partial charge on any atom is 0.137 e. The Kier molecular flexibility index (Phi) is 3.68. The van der Waals surface area contributed by atoms with E-state index in [0.29, 0.717) is 16.4 Å². The van der Waals surface area contributed by atoms with Crippen molar-refractivity contribution in [3.8, 4) is 0 Å². The van der Waals surface area contributed by atoms with Gasteiger partial charge >= 0.3 is 0 Å². The van der Waals surface area contributed by atoms with Crippen molar-refractivity contribution < 1.29 is 9.13 Å². The molecule has 0 aromatic heterocycles. The topological polar surface area (TPSA) is 21.3 Å². The molecule has 1 aliphatic heterocycles. The van der Waals surface area contributed by atoms with E-state index in [0.717, 1.165) is 25.1 Å². The number of benzene rings is 1. The minimum atomic E-state index is -0.211. The Morgan fingerprint density at radius 1 is 1.33 bits per heavy atom. The zero-order valence-corrected chi connectivity index (χ0v) is 11.7. The zero-order valence-electron chi connectivity index (χ0n) is 10.2. The highest BCUT2D eigenvalue weighted by molar-refractivity contribution is 9.10. The molecule has 18 heavy (non-hydrogen) atoms. The average molecular weight is 314 g/mol. The van der Waals surface area contributed by atoms with Crippen molar-refractivity contribution in [2.45, 2.75) is 31.4 Å². The van der Waals surface area contributed by atoms with Gasteiger partial charge < -0.3 is 10.1 Å². The van der Waals surface area contributed by atoms with Crippen LogP contribution in [-0.2, 0) is 4.74 Å². The van der Waals surface area contributed by atoms with Gasteiger partial charge in [-0.05, 0) is 52.9 Å². The van der Waals surface area contributed by atoms with Crippen LogP contribution in [0.4, 0.5) is 4.39 Å². The monoisotopic (exact) mass is 313 g/mol. The van der Waals surface area contributed by atoms with Gasteiger partial charge in [-0.1, -0.05) is 6.07 Å². The molecule has 2 fully saturated rings. The lowest BCUT2D eigenvalue weighted by molar-refractivity contribution is 0.0902. The van der Waals surface area contributed by atoms with E-state index < -0.39 is 0 Å². The first-order valence-corrected chi connectivity index (χ1v) is 7.33. The molecule has 1 N–H and O–H groups in total. The summed E-state index contributed by atoms with van der Waals surface area (Å²) in [6.45, 7) is 1.76. The summed E-state index contributed by atoms with van der Waals surface area (Å²) in [7, 11) is 0. The summed E-state index contributed by atoms with van der Waals surface area (Å²) < 4.78 is 19.9. The molecule has 1 saturated heterocycles. The second-order valence-electron chi connectivity index (χ2n) is 5.20. The molecule has 0 radical (unpaired) electrons. The van der Waals surface area contributed by atoms with Crippen molar-refractivity contribution in [3.63, 3.8) is 0 Å². The van der Waals surface area contributed by atoms with Gasteiger partial charge in [-0.3, -0.25) is 0 Å². The van der Waals surface area contributed by atoms with E-state index in [2.05, 4.69) is 21.2 Å². The van der Waals surface area contributed by atoms with Gasteiger partial charge in [0, 0.05) is 25.1 Å². The Morgan fingerprint density at radius 3 is 2.89 bits per heavy atom. The molecule has 3 rings (SSSR count). The Labute approximate surface area is 115 Å². The maximum atomic E-state index is 13.6. The summed E-state index contributed by atoms with van der Waals surface area (Å²) in [5.74, 6) is 0.253. The fourth-order valence-corrected chi connectivity index (χ4v) is 2.75. The average Bonchev–Trinajstić information content (AvgIpc) is 3.08. The van der Waals surface area contributed by atoms with Crippen LogP contribution in [0, 0.1) is 11.7 Å². The quantitative estimate of drug-likeness (QED) is 0.919. The van der Waals surface area contributed by atoms with Crippen LogP contribution in [0.1, 0.15) is 30.9 Å². The molecule has 0 amide bonds. The van der Waals surface area contributed by atoms with Gasteiger partial charge in [-0.15, -0.1) is 0 Å². The molecule has 1 aliphatic carbocycles. The summed E-state index contributed by atoms with van der Waals surface area (Å²) in [6, 6.07) is 6.02. The van der Waals surface area contributed by atoms with Gasteiger partial charge in [-0.25, -0.2) is 4.39 Å². The van der Waals surface area contributed by atoms with Crippen LogP contribution in [0.25, 0.3) is 0 Å². The lowest BCUT2D eigenvalue weighted by Crippen LogP contribution is -2.26. The van der Waals surface area contributed by atoms with Crippen LogP contribution >= 0.6 is 15.9 Å². The summed E-state index contributed by atoms with van der Waals surface area (Å²) in [5, 5.41) is 3.54. The number of hydrogen-bond donors (Lipinski definition) is 1. The Bertz CT molecular complexity index is 436. The van der Waals surface area contributed by atoms with Gasteiger partial charge in [0.1, 0.15) is 5.82 Å². The fourth-order valence-electron chi connectivity index (χ4n) is 2.51. The van der Waals surface area contributed by atoms with Crippen LogP contribution in [0.15, 0.2) is 22.7 Å². The zero-order chi connectivity index (χ0) is 12.5. The van der Waals surface area contributed by atoms with Crippen molar-refractivity contribution in [1.29, 1.82) is 0 Å². The number of rotatable bonds is 4. The van der Waals surface area contributed by atoms with Crippen molar-refractivity contribution in [1.82, 2.24) is 5.32 Å². The smallest absolute Gasteiger partial charge is 0.137 e. The van der Waals surface area contributed by atoms with Crippen molar-refractivity contribution in [2.75, 3.05) is 13.2 Å². The SMILES string of the molecule is Fc1cc(C2OCCC2CNC2CC2)ccc1Br. The molecule has 2 nitrogen and oxygen atoms in total. The Morgan fingerprint density at radius 2 is 2.17 bits per heavy atom. The third-order valence-electron chi connectivity index (χ3n) is 3.73. The van der Waals surface area contributed by atoms with E-state index >= 15 is 0 Å². The van der Waals surface area contributed by atoms with Crippen molar-refractivity contribution in [3.05, 3.63) is 34.1 Å². The van der Waals surface area contributed by atoms with Crippen LogP contribution in [0.5, 0.6) is 0 Å². The van der Waals surface area contributed by atoms with Crippen molar-refractivity contribution in [2.24, 2.45) is 5.92 Å². The van der Waals surface area contributed by atoms with Gasteiger partial charge in [0.2, 0.25) is 0 Å².